The van der Waals surface area contributed by atoms with Crippen LogP contribution in [-0.4, -0.2) is 27.3 Å². The molecule has 0 aliphatic heterocycles. The van der Waals surface area contributed by atoms with Gasteiger partial charge < -0.3 is 15.1 Å². The van der Waals surface area contributed by atoms with Crippen LogP contribution in [0.4, 0.5) is 4.79 Å². The summed E-state index contributed by atoms with van der Waals surface area (Å²) < 4.78 is 5.08. The third kappa shape index (κ3) is 2.66. The normalized spacial score (nSPS) is 17.6. The zero-order chi connectivity index (χ0) is 13.9. The molecule has 106 valence electrons. The Labute approximate surface area is 116 Å². The number of urea groups is 1. The lowest BCUT2D eigenvalue weighted by Crippen LogP contribution is -2.44. The van der Waals surface area contributed by atoms with Crippen molar-refractivity contribution in [2.75, 3.05) is 0 Å². The van der Waals surface area contributed by atoms with Crippen molar-refractivity contribution in [2.45, 2.75) is 38.8 Å². The number of oxazole rings is 1. The fourth-order valence-electron chi connectivity index (χ4n) is 2.44. The third-order valence-corrected chi connectivity index (χ3v) is 3.61. The highest BCUT2D eigenvalue weighted by Gasteiger charge is 2.21. The van der Waals surface area contributed by atoms with Crippen LogP contribution in [0.2, 0.25) is 0 Å². The van der Waals surface area contributed by atoms with Crippen molar-refractivity contribution >= 4 is 6.03 Å². The van der Waals surface area contributed by atoms with Gasteiger partial charge in [-0.25, -0.2) is 9.78 Å². The maximum Gasteiger partial charge on any atom is 0.315 e. The quantitative estimate of drug-likeness (QED) is 0.780. The Morgan fingerprint density at radius 3 is 3.30 bits per heavy atom. The summed E-state index contributed by atoms with van der Waals surface area (Å²) >= 11 is 0. The number of aromatic amines is 1. The van der Waals surface area contributed by atoms with Gasteiger partial charge in [0.2, 0.25) is 0 Å². The monoisotopic (exact) mass is 275 g/mol. The number of carbonyl (C=O) groups is 1. The van der Waals surface area contributed by atoms with Crippen LogP contribution in [0, 0.1) is 6.92 Å². The zero-order valence-electron chi connectivity index (χ0n) is 11.3. The molecule has 3 rings (SSSR count). The van der Waals surface area contributed by atoms with E-state index < -0.39 is 0 Å². The molecule has 1 unspecified atom stereocenters. The van der Waals surface area contributed by atoms with Crippen LogP contribution in [-0.2, 0) is 19.4 Å². The Morgan fingerprint density at radius 2 is 2.50 bits per heavy atom. The smallest absolute Gasteiger partial charge is 0.315 e. The van der Waals surface area contributed by atoms with E-state index in [4.69, 9.17) is 4.42 Å². The van der Waals surface area contributed by atoms with Crippen molar-refractivity contribution < 1.29 is 9.21 Å². The molecule has 0 spiro atoms. The van der Waals surface area contributed by atoms with Crippen molar-refractivity contribution in [2.24, 2.45) is 0 Å². The fourth-order valence-corrected chi connectivity index (χ4v) is 2.44. The summed E-state index contributed by atoms with van der Waals surface area (Å²) in [6.07, 6.45) is 5.88. The molecule has 3 N–H and O–H groups in total. The average molecular weight is 275 g/mol. The first-order valence-corrected chi connectivity index (χ1v) is 6.67. The molecule has 0 radical (unpaired) electrons. The van der Waals surface area contributed by atoms with Crippen LogP contribution >= 0.6 is 0 Å². The lowest BCUT2D eigenvalue weighted by atomic mass is 9.94. The number of nitrogens with zero attached hydrogens (tertiary/aromatic N) is 2. The van der Waals surface area contributed by atoms with Gasteiger partial charge in [-0.3, -0.25) is 5.10 Å². The number of aryl methyl sites for hydroxylation is 2. The van der Waals surface area contributed by atoms with Crippen LogP contribution in [0.25, 0.3) is 0 Å². The number of H-pyrrole nitrogens is 1. The largest absolute Gasteiger partial charge is 0.448 e. The molecule has 0 saturated carbocycles. The van der Waals surface area contributed by atoms with E-state index in [1.807, 2.05) is 13.1 Å². The number of hydrogen-bond acceptors (Lipinski definition) is 4. The third-order valence-electron chi connectivity index (χ3n) is 3.61. The second-order valence-electron chi connectivity index (χ2n) is 5.00. The highest BCUT2D eigenvalue weighted by molar-refractivity contribution is 5.74. The van der Waals surface area contributed by atoms with Gasteiger partial charge in [-0.15, -0.1) is 0 Å². The Kier molecular flexibility index (Phi) is 3.41. The summed E-state index contributed by atoms with van der Waals surface area (Å²) in [7, 11) is 0. The van der Waals surface area contributed by atoms with E-state index in [9.17, 15) is 4.79 Å². The SMILES string of the molecule is Cc1ocnc1CNC(=O)NC1CCc2[nH]ncc2C1. The number of carbonyl (C=O) groups excluding carboxylic acids is 1. The lowest BCUT2D eigenvalue weighted by molar-refractivity contribution is 0.235. The molecule has 2 heterocycles. The van der Waals surface area contributed by atoms with E-state index in [-0.39, 0.29) is 12.1 Å². The van der Waals surface area contributed by atoms with Gasteiger partial charge >= 0.3 is 6.03 Å². The van der Waals surface area contributed by atoms with Crippen molar-refractivity contribution in [1.29, 1.82) is 0 Å². The number of rotatable bonds is 3. The van der Waals surface area contributed by atoms with Gasteiger partial charge in [0.15, 0.2) is 6.39 Å². The van der Waals surface area contributed by atoms with E-state index in [0.717, 1.165) is 30.7 Å². The van der Waals surface area contributed by atoms with Gasteiger partial charge in [0.25, 0.3) is 0 Å². The maximum atomic E-state index is 11.9. The predicted molar refractivity (Wildman–Crippen MR) is 71.0 cm³/mol. The van der Waals surface area contributed by atoms with Crippen LogP contribution < -0.4 is 10.6 Å². The number of fused-ring (bicyclic) bond motifs is 1. The van der Waals surface area contributed by atoms with Gasteiger partial charge in [-0.05, 0) is 31.7 Å². The highest BCUT2D eigenvalue weighted by Crippen LogP contribution is 2.18. The lowest BCUT2D eigenvalue weighted by Gasteiger charge is -2.22. The Hall–Kier alpha value is -2.31. The molecular formula is C13H17N5O2. The minimum absolute atomic E-state index is 0.151. The van der Waals surface area contributed by atoms with E-state index in [0.29, 0.717) is 6.54 Å². The molecule has 0 fully saturated rings. The summed E-state index contributed by atoms with van der Waals surface area (Å²) in [5, 5.41) is 12.8. The van der Waals surface area contributed by atoms with E-state index in [2.05, 4.69) is 25.8 Å². The van der Waals surface area contributed by atoms with Gasteiger partial charge in [0, 0.05) is 11.7 Å². The molecule has 0 aromatic carbocycles. The van der Waals surface area contributed by atoms with Crippen molar-refractivity contribution in [1.82, 2.24) is 25.8 Å². The first kappa shape index (κ1) is 12.7. The Bertz CT molecular complexity index is 603. The summed E-state index contributed by atoms with van der Waals surface area (Å²) in [5.74, 6) is 0.728. The first-order valence-electron chi connectivity index (χ1n) is 6.67. The molecule has 2 amide bonds. The van der Waals surface area contributed by atoms with E-state index in [1.54, 1.807) is 0 Å². The molecule has 1 aliphatic carbocycles. The average Bonchev–Trinajstić information content (AvgIpc) is 3.04. The highest BCUT2D eigenvalue weighted by atomic mass is 16.3. The predicted octanol–water partition coefficient (Wildman–Crippen LogP) is 1.06. The number of hydrogen-bond donors (Lipinski definition) is 3. The minimum Gasteiger partial charge on any atom is -0.448 e. The molecule has 2 aromatic heterocycles. The van der Waals surface area contributed by atoms with Crippen LogP contribution in [0.15, 0.2) is 17.0 Å². The number of aromatic nitrogens is 3. The topological polar surface area (TPSA) is 95.8 Å². The van der Waals surface area contributed by atoms with Crippen molar-refractivity contribution in [3.05, 3.63) is 35.3 Å². The second kappa shape index (κ2) is 5.36. The number of amides is 2. The van der Waals surface area contributed by atoms with Crippen molar-refractivity contribution in [3.8, 4) is 0 Å². The molecule has 0 bridgehead atoms. The summed E-state index contributed by atoms with van der Waals surface area (Å²) in [5.41, 5.74) is 3.12. The zero-order valence-corrected chi connectivity index (χ0v) is 11.3. The number of nitrogens with one attached hydrogen (secondary N) is 3. The molecular weight excluding hydrogens is 258 g/mol. The van der Waals surface area contributed by atoms with Crippen LogP contribution in [0.3, 0.4) is 0 Å². The van der Waals surface area contributed by atoms with E-state index in [1.165, 1.54) is 17.7 Å². The first-order chi connectivity index (χ1) is 9.72. The van der Waals surface area contributed by atoms with Gasteiger partial charge in [0.05, 0.1) is 12.7 Å². The Balaban J connectivity index is 1.49. The second-order valence-corrected chi connectivity index (χ2v) is 5.00. The summed E-state index contributed by atoms with van der Waals surface area (Å²) in [6.45, 7) is 2.20. The molecule has 1 atom stereocenters. The summed E-state index contributed by atoms with van der Waals surface area (Å²) in [6, 6.07) is -0.0251. The molecule has 7 heteroatoms. The van der Waals surface area contributed by atoms with E-state index >= 15 is 0 Å². The molecule has 7 nitrogen and oxygen atoms in total. The van der Waals surface area contributed by atoms with Gasteiger partial charge in [-0.1, -0.05) is 0 Å². The molecule has 1 aliphatic rings. The standard InChI is InChI=1S/C13H17N5O2/c1-8-12(15-7-20-8)6-14-13(19)17-10-2-3-11-9(4-10)5-16-18-11/h5,7,10H,2-4,6H2,1H3,(H,16,18)(H2,14,17,19). The van der Waals surface area contributed by atoms with Crippen LogP contribution in [0.1, 0.15) is 29.1 Å². The van der Waals surface area contributed by atoms with Crippen LogP contribution in [0.5, 0.6) is 0 Å². The van der Waals surface area contributed by atoms with Gasteiger partial charge in [-0.2, -0.15) is 5.10 Å². The fraction of sp³-hybridized carbons (Fsp3) is 0.462. The molecule has 2 aromatic rings. The minimum atomic E-state index is -0.177. The Morgan fingerprint density at radius 1 is 1.60 bits per heavy atom. The molecule has 20 heavy (non-hydrogen) atoms. The summed E-state index contributed by atoms with van der Waals surface area (Å²) in [4.78, 5) is 15.9. The molecule has 0 saturated heterocycles. The van der Waals surface area contributed by atoms with Crippen molar-refractivity contribution in [3.63, 3.8) is 0 Å². The maximum absolute atomic E-state index is 11.9. The van der Waals surface area contributed by atoms with Gasteiger partial charge in [0.1, 0.15) is 11.5 Å².